The number of carbonyl (C=O) groups is 1. The van der Waals surface area contributed by atoms with Crippen LogP contribution in [0.1, 0.15) is 30.9 Å². The SMILES string of the molecule is CCC(=O)N1CCCc2cc(NS(=O)(=O)c3cc(F)ccc3C)ccc21. The summed E-state index contributed by atoms with van der Waals surface area (Å²) in [5.74, 6) is -0.551. The van der Waals surface area contributed by atoms with E-state index in [1.165, 1.54) is 12.1 Å². The minimum Gasteiger partial charge on any atom is -0.312 e. The highest BCUT2D eigenvalue weighted by molar-refractivity contribution is 7.92. The number of rotatable bonds is 4. The maximum atomic E-state index is 13.5. The van der Waals surface area contributed by atoms with E-state index in [2.05, 4.69) is 4.72 Å². The first-order valence-corrected chi connectivity index (χ1v) is 10.0. The zero-order valence-corrected chi connectivity index (χ0v) is 15.6. The van der Waals surface area contributed by atoms with Gasteiger partial charge in [0.2, 0.25) is 5.91 Å². The average molecular weight is 376 g/mol. The molecule has 1 N–H and O–H groups in total. The van der Waals surface area contributed by atoms with Crippen molar-refractivity contribution in [1.82, 2.24) is 0 Å². The standard InChI is InChI=1S/C19H21FN2O3S/c1-3-19(23)22-10-4-5-14-11-16(8-9-17(14)22)21-26(24,25)18-12-15(20)7-6-13(18)2/h6-9,11-12,21H,3-5,10H2,1-2H3. The van der Waals surface area contributed by atoms with Crippen LogP contribution in [0.4, 0.5) is 15.8 Å². The van der Waals surface area contributed by atoms with E-state index in [1.807, 2.05) is 6.92 Å². The number of nitrogens with zero attached hydrogens (tertiary/aromatic N) is 1. The minimum atomic E-state index is -3.90. The number of aryl methyl sites for hydroxylation is 2. The van der Waals surface area contributed by atoms with Crippen molar-refractivity contribution in [3.8, 4) is 0 Å². The van der Waals surface area contributed by atoms with Gasteiger partial charge >= 0.3 is 0 Å². The van der Waals surface area contributed by atoms with Crippen LogP contribution >= 0.6 is 0 Å². The van der Waals surface area contributed by atoms with Crippen molar-refractivity contribution in [3.05, 3.63) is 53.3 Å². The van der Waals surface area contributed by atoms with Gasteiger partial charge in [-0.2, -0.15) is 0 Å². The summed E-state index contributed by atoms with van der Waals surface area (Å²) in [7, 11) is -3.90. The molecule has 7 heteroatoms. The van der Waals surface area contributed by atoms with Crippen molar-refractivity contribution in [3.63, 3.8) is 0 Å². The molecule has 1 aliphatic heterocycles. The van der Waals surface area contributed by atoms with Gasteiger partial charge in [0, 0.05) is 24.3 Å². The Labute approximate surface area is 152 Å². The van der Waals surface area contributed by atoms with Crippen LogP contribution in [0.2, 0.25) is 0 Å². The number of amides is 1. The first-order valence-electron chi connectivity index (χ1n) is 8.54. The zero-order chi connectivity index (χ0) is 18.9. The van der Waals surface area contributed by atoms with Crippen LogP contribution in [0.15, 0.2) is 41.3 Å². The summed E-state index contributed by atoms with van der Waals surface area (Å²) >= 11 is 0. The molecule has 1 amide bonds. The van der Waals surface area contributed by atoms with Crippen LogP contribution in [-0.2, 0) is 21.2 Å². The maximum absolute atomic E-state index is 13.5. The molecule has 1 heterocycles. The molecule has 0 saturated heterocycles. The minimum absolute atomic E-state index is 0.0506. The average Bonchev–Trinajstić information content (AvgIpc) is 2.62. The van der Waals surface area contributed by atoms with E-state index in [0.717, 1.165) is 30.2 Å². The van der Waals surface area contributed by atoms with E-state index in [1.54, 1.807) is 30.0 Å². The lowest BCUT2D eigenvalue weighted by Gasteiger charge is -2.29. The summed E-state index contributed by atoms with van der Waals surface area (Å²) in [5.41, 5.74) is 2.62. The quantitative estimate of drug-likeness (QED) is 0.886. The summed E-state index contributed by atoms with van der Waals surface area (Å²) in [6, 6.07) is 8.82. The van der Waals surface area contributed by atoms with Gasteiger partial charge in [-0.25, -0.2) is 12.8 Å². The van der Waals surface area contributed by atoms with E-state index in [4.69, 9.17) is 0 Å². The predicted molar refractivity (Wildman–Crippen MR) is 99.4 cm³/mol. The van der Waals surface area contributed by atoms with E-state index < -0.39 is 15.8 Å². The molecule has 138 valence electrons. The lowest BCUT2D eigenvalue weighted by Crippen LogP contribution is -2.34. The normalized spacial score (nSPS) is 14.0. The van der Waals surface area contributed by atoms with Gasteiger partial charge in [0.25, 0.3) is 10.0 Å². The fourth-order valence-electron chi connectivity index (χ4n) is 3.18. The lowest BCUT2D eigenvalue weighted by atomic mass is 10.0. The Morgan fingerprint density at radius 3 is 2.73 bits per heavy atom. The number of sulfonamides is 1. The van der Waals surface area contributed by atoms with Crippen molar-refractivity contribution in [2.24, 2.45) is 0 Å². The third-order valence-electron chi connectivity index (χ3n) is 4.49. The van der Waals surface area contributed by atoms with Crippen molar-refractivity contribution < 1.29 is 17.6 Å². The van der Waals surface area contributed by atoms with Crippen LogP contribution in [0.3, 0.4) is 0 Å². The predicted octanol–water partition coefficient (Wildman–Crippen LogP) is 3.62. The molecule has 5 nitrogen and oxygen atoms in total. The van der Waals surface area contributed by atoms with Crippen LogP contribution in [0.5, 0.6) is 0 Å². The zero-order valence-electron chi connectivity index (χ0n) is 14.8. The van der Waals surface area contributed by atoms with Gasteiger partial charge in [0.15, 0.2) is 0 Å². The fraction of sp³-hybridized carbons (Fsp3) is 0.316. The van der Waals surface area contributed by atoms with Crippen LogP contribution < -0.4 is 9.62 Å². The molecule has 3 rings (SSSR count). The maximum Gasteiger partial charge on any atom is 0.262 e. The van der Waals surface area contributed by atoms with E-state index in [-0.39, 0.29) is 10.8 Å². The highest BCUT2D eigenvalue weighted by Crippen LogP contribution is 2.31. The third-order valence-corrected chi connectivity index (χ3v) is 6.02. The van der Waals surface area contributed by atoms with Gasteiger partial charge in [0.1, 0.15) is 5.82 Å². The van der Waals surface area contributed by atoms with Crippen LogP contribution in [0, 0.1) is 12.7 Å². The highest BCUT2D eigenvalue weighted by Gasteiger charge is 2.23. The molecule has 2 aromatic rings. The molecular weight excluding hydrogens is 355 g/mol. The smallest absolute Gasteiger partial charge is 0.262 e. The number of benzene rings is 2. The van der Waals surface area contributed by atoms with Crippen molar-refractivity contribution in [1.29, 1.82) is 0 Å². The molecule has 0 saturated carbocycles. The molecule has 0 aromatic heterocycles. The van der Waals surface area contributed by atoms with Gasteiger partial charge in [0.05, 0.1) is 4.90 Å². The number of halogens is 1. The second-order valence-electron chi connectivity index (χ2n) is 6.36. The van der Waals surface area contributed by atoms with Gasteiger partial charge < -0.3 is 4.90 Å². The number of hydrogen-bond donors (Lipinski definition) is 1. The van der Waals surface area contributed by atoms with E-state index >= 15 is 0 Å². The summed E-state index contributed by atoms with van der Waals surface area (Å²) in [6.45, 7) is 4.11. The van der Waals surface area contributed by atoms with Crippen LogP contribution in [-0.4, -0.2) is 20.9 Å². The monoisotopic (exact) mass is 376 g/mol. The first-order chi connectivity index (χ1) is 12.3. The number of anilines is 2. The van der Waals surface area contributed by atoms with Crippen molar-refractivity contribution in [2.45, 2.75) is 38.0 Å². The summed E-state index contributed by atoms with van der Waals surface area (Å²) in [5, 5.41) is 0. The number of nitrogens with one attached hydrogen (secondary N) is 1. The molecule has 0 aliphatic carbocycles. The summed E-state index contributed by atoms with van der Waals surface area (Å²) in [6.07, 6.45) is 2.03. The Kier molecular flexibility index (Phi) is 5.00. The van der Waals surface area contributed by atoms with Gasteiger partial charge in [-0.1, -0.05) is 13.0 Å². The number of hydrogen-bond acceptors (Lipinski definition) is 3. The van der Waals surface area contributed by atoms with E-state index in [9.17, 15) is 17.6 Å². The molecule has 0 bridgehead atoms. The first kappa shape index (κ1) is 18.4. The third kappa shape index (κ3) is 3.58. The largest absolute Gasteiger partial charge is 0.312 e. The lowest BCUT2D eigenvalue weighted by molar-refractivity contribution is -0.118. The Morgan fingerprint density at radius 2 is 2.00 bits per heavy atom. The molecular formula is C19H21FN2O3S. The second kappa shape index (κ2) is 7.07. The molecule has 0 radical (unpaired) electrons. The van der Waals surface area contributed by atoms with Gasteiger partial charge in [-0.05, 0) is 61.2 Å². The molecule has 2 aromatic carbocycles. The second-order valence-corrected chi connectivity index (χ2v) is 8.01. The van der Waals surface area contributed by atoms with Crippen molar-refractivity contribution >= 4 is 27.3 Å². The fourth-order valence-corrected chi connectivity index (χ4v) is 4.49. The molecule has 0 atom stereocenters. The summed E-state index contributed by atoms with van der Waals surface area (Å²) in [4.78, 5) is 13.7. The number of fused-ring (bicyclic) bond motifs is 1. The van der Waals surface area contributed by atoms with Gasteiger partial charge in [-0.3, -0.25) is 9.52 Å². The van der Waals surface area contributed by atoms with Gasteiger partial charge in [-0.15, -0.1) is 0 Å². The summed E-state index contributed by atoms with van der Waals surface area (Å²) < 4.78 is 41.2. The topological polar surface area (TPSA) is 66.5 Å². The van der Waals surface area contributed by atoms with Crippen LogP contribution in [0.25, 0.3) is 0 Å². The molecule has 0 fully saturated rings. The Hall–Kier alpha value is -2.41. The molecule has 0 unspecified atom stereocenters. The van der Waals surface area contributed by atoms with E-state index in [0.29, 0.717) is 24.2 Å². The van der Waals surface area contributed by atoms with Crippen molar-refractivity contribution in [2.75, 3.05) is 16.2 Å². The molecule has 26 heavy (non-hydrogen) atoms. The Morgan fingerprint density at radius 1 is 1.23 bits per heavy atom. The number of carbonyl (C=O) groups excluding carboxylic acids is 1. The molecule has 0 spiro atoms. The molecule has 1 aliphatic rings. The highest BCUT2D eigenvalue weighted by atomic mass is 32.2. The Balaban J connectivity index is 1.92. The Bertz CT molecular complexity index is 957.